The van der Waals surface area contributed by atoms with E-state index in [-0.39, 0.29) is 24.1 Å². The summed E-state index contributed by atoms with van der Waals surface area (Å²) in [5.41, 5.74) is -1.32. The van der Waals surface area contributed by atoms with E-state index in [9.17, 15) is 14.7 Å². The summed E-state index contributed by atoms with van der Waals surface area (Å²) in [6.07, 6.45) is 0.159. The van der Waals surface area contributed by atoms with Gasteiger partial charge < -0.3 is 14.6 Å². The molecule has 0 fully saturated rings. The van der Waals surface area contributed by atoms with E-state index >= 15 is 0 Å². The molecule has 0 saturated carbocycles. The first-order valence-corrected chi connectivity index (χ1v) is 11.6. The van der Waals surface area contributed by atoms with Gasteiger partial charge >= 0.3 is 7.60 Å². The van der Waals surface area contributed by atoms with Gasteiger partial charge in [0, 0.05) is 23.3 Å². The summed E-state index contributed by atoms with van der Waals surface area (Å²) in [7, 11) is -3.37. The highest BCUT2D eigenvalue weighted by Crippen LogP contribution is 2.51. The summed E-state index contributed by atoms with van der Waals surface area (Å²) in [6, 6.07) is 8.90. The Morgan fingerprint density at radius 2 is 1.87 bits per heavy atom. The molecular weight excluding hydrogens is 454 g/mol. The number of nitro benzene ring substituents is 1. The maximum atomic E-state index is 12.7. The molecule has 0 spiro atoms. The summed E-state index contributed by atoms with van der Waals surface area (Å²) in [5.74, 6) is 0.634. The number of hydrogen-bond acceptors (Lipinski definition) is 7. The predicted molar refractivity (Wildman–Crippen MR) is 118 cm³/mol. The van der Waals surface area contributed by atoms with Crippen LogP contribution in [0.15, 0.2) is 36.4 Å². The van der Waals surface area contributed by atoms with Gasteiger partial charge in [0.1, 0.15) is 22.9 Å². The van der Waals surface area contributed by atoms with Crippen LogP contribution in [0.25, 0.3) is 0 Å². The fourth-order valence-corrected chi connectivity index (χ4v) is 4.54. The van der Waals surface area contributed by atoms with Gasteiger partial charge in [-0.05, 0) is 45.0 Å². The van der Waals surface area contributed by atoms with Crippen molar-refractivity contribution in [3.63, 3.8) is 0 Å². The number of benzene rings is 2. The smallest absolute Gasteiger partial charge is 0.332 e. The first kappa shape index (κ1) is 24.4. The third-order valence-corrected chi connectivity index (χ3v) is 6.49. The van der Waals surface area contributed by atoms with Crippen LogP contribution in [0, 0.1) is 10.1 Å². The minimum atomic E-state index is -3.37. The molecule has 0 saturated heterocycles. The topological polar surface area (TPSA) is 99.9 Å². The third kappa shape index (κ3) is 6.59. The highest BCUT2D eigenvalue weighted by molar-refractivity contribution is 7.53. The van der Waals surface area contributed by atoms with Crippen LogP contribution in [0.3, 0.4) is 0 Å². The quantitative estimate of drug-likeness (QED) is 0.168. The van der Waals surface area contributed by atoms with Crippen LogP contribution in [-0.4, -0.2) is 23.4 Å². The molecule has 0 bridgehead atoms. The van der Waals surface area contributed by atoms with Crippen LogP contribution in [0.5, 0.6) is 11.5 Å². The molecule has 11 heteroatoms. The second kappa shape index (κ2) is 9.98. The van der Waals surface area contributed by atoms with Crippen molar-refractivity contribution in [1.29, 1.82) is 0 Å². The van der Waals surface area contributed by atoms with E-state index in [0.717, 1.165) is 0 Å². The Kier molecular flexibility index (Phi) is 8.13. The van der Waals surface area contributed by atoms with E-state index in [1.165, 1.54) is 24.3 Å². The molecule has 2 rings (SSSR count). The maximum absolute atomic E-state index is 12.7. The molecule has 1 atom stereocenters. The molecule has 164 valence electrons. The minimum absolute atomic E-state index is 0.117. The van der Waals surface area contributed by atoms with Gasteiger partial charge in [0.05, 0.1) is 16.6 Å². The molecule has 0 aliphatic heterocycles. The fraction of sp³-hybridized carbons (Fsp3) is 0.368. The molecule has 8 nitrogen and oxygen atoms in total. The van der Waals surface area contributed by atoms with E-state index in [1.54, 1.807) is 39.8 Å². The number of nitrogens with one attached hydrogen (secondary N) is 1. The van der Waals surface area contributed by atoms with Crippen LogP contribution in [-0.2, 0) is 13.6 Å². The van der Waals surface area contributed by atoms with Crippen molar-refractivity contribution >= 4 is 42.2 Å². The lowest BCUT2D eigenvalue weighted by atomic mass is 10.2. The summed E-state index contributed by atoms with van der Waals surface area (Å²) >= 11 is 12.0. The van der Waals surface area contributed by atoms with Crippen LogP contribution >= 0.6 is 30.8 Å². The number of hydrogen-bond donors (Lipinski definition) is 1. The summed E-state index contributed by atoms with van der Waals surface area (Å²) in [5, 5.41) is 15.1. The predicted octanol–water partition coefficient (Wildman–Crippen LogP) is 7.11. The van der Waals surface area contributed by atoms with Crippen molar-refractivity contribution in [2.45, 2.75) is 33.4 Å². The van der Waals surface area contributed by atoms with E-state index in [1.807, 2.05) is 0 Å². The van der Waals surface area contributed by atoms with Gasteiger partial charge in [-0.3, -0.25) is 19.2 Å². The van der Waals surface area contributed by atoms with Gasteiger partial charge in [0.25, 0.3) is 5.69 Å². The van der Waals surface area contributed by atoms with Crippen molar-refractivity contribution in [2.75, 3.05) is 18.1 Å². The lowest BCUT2D eigenvalue weighted by Gasteiger charge is -2.31. The number of rotatable bonds is 10. The maximum Gasteiger partial charge on any atom is 0.332 e. The highest BCUT2D eigenvalue weighted by Gasteiger charge is 2.33. The van der Waals surface area contributed by atoms with Gasteiger partial charge in [0.2, 0.25) is 0 Å². The molecule has 0 aromatic heterocycles. The minimum Gasteiger partial charge on any atom is -0.456 e. The van der Waals surface area contributed by atoms with Crippen molar-refractivity contribution in [3.05, 3.63) is 56.6 Å². The molecule has 0 radical (unpaired) electrons. The van der Waals surface area contributed by atoms with Crippen LogP contribution in [0.1, 0.15) is 27.7 Å². The largest absolute Gasteiger partial charge is 0.456 e. The monoisotopic (exact) mass is 476 g/mol. The third-order valence-electron chi connectivity index (χ3n) is 3.80. The second-order valence-corrected chi connectivity index (χ2v) is 9.82. The van der Waals surface area contributed by atoms with E-state index in [0.29, 0.717) is 21.5 Å². The Labute approximate surface area is 185 Å². The van der Waals surface area contributed by atoms with Gasteiger partial charge in [-0.25, -0.2) is 0 Å². The number of ether oxygens (including phenoxy) is 1. The Balaban J connectivity index is 2.34. The van der Waals surface area contributed by atoms with Crippen LogP contribution in [0.4, 0.5) is 11.4 Å². The first-order chi connectivity index (χ1) is 14.0. The summed E-state index contributed by atoms with van der Waals surface area (Å²) in [4.78, 5) is 10.9. The van der Waals surface area contributed by atoms with Gasteiger partial charge in [-0.15, -0.1) is 0 Å². The average molecular weight is 477 g/mol. The molecule has 1 N–H and O–H groups in total. The van der Waals surface area contributed by atoms with Crippen molar-refractivity contribution < 1.29 is 23.3 Å². The lowest BCUT2D eigenvalue weighted by molar-refractivity contribution is -0.384. The second-order valence-electron chi connectivity index (χ2n) is 6.68. The first-order valence-electron chi connectivity index (χ1n) is 9.12. The summed E-state index contributed by atoms with van der Waals surface area (Å²) < 4.78 is 29.4. The average Bonchev–Trinajstić information content (AvgIpc) is 2.63. The zero-order valence-corrected chi connectivity index (χ0v) is 19.4. The number of anilines is 1. The standard InChI is InChI=1S/C19H23Cl2N2O6P/c1-5-27-30(26,6-2)29-19(3,4)22-16-12-14(8-9-17(16)23(24)25)28-18-10-7-13(20)11-15(18)21/h7-12,22H,5-6H2,1-4H3. The number of nitrogens with zero attached hydrogens (tertiary/aromatic N) is 1. The number of halogens is 2. The van der Waals surface area contributed by atoms with Gasteiger partial charge in [-0.1, -0.05) is 30.1 Å². The Hall–Kier alpha value is -1.83. The Bertz CT molecular complexity index is 970. The Morgan fingerprint density at radius 1 is 1.17 bits per heavy atom. The molecule has 0 amide bonds. The number of nitro groups is 1. The molecule has 2 aromatic carbocycles. The van der Waals surface area contributed by atoms with E-state index in [4.69, 9.17) is 37.0 Å². The summed E-state index contributed by atoms with van der Waals surface area (Å²) in [6.45, 7) is 6.80. The lowest BCUT2D eigenvalue weighted by Crippen LogP contribution is -2.34. The SMILES string of the molecule is CCOP(=O)(CC)OC(C)(C)Nc1cc(Oc2ccc(Cl)cc2Cl)ccc1[N+](=O)[O-]. The normalized spacial score (nSPS) is 13.5. The molecule has 1 unspecified atom stereocenters. The van der Waals surface area contributed by atoms with Crippen LogP contribution in [0.2, 0.25) is 10.0 Å². The highest BCUT2D eigenvalue weighted by atomic mass is 35.5. The van der Waals surface area contributed by atoms with Gasteiger partial charge in [0.15, 0.2) is 0 Å². The van der Waals surface area contributed by atoms with Crippen molar-refractivity contribution in [1.82, 2.24) is 0 Å². The van der Waals surface area contributed by atoms with Gasteiger partial charge in [-0.2, -0.15) is 0 Å². The zero-order valence-electron chi connectivity index (χ0n) is 17.0. The fourth-order valence-electron chi connectivity index (χ4n) is 2.60. The van der Waals surface area contributed by atoms with E-state index in [2.05, 4.69) is 5.32 Å². The van der Waals surface area contributed by atoms with Crippen LogP contribution < -0.4 is 10.1 Å². The molecular formula is C19H23Cl2N2O6P. The van der Waals surface area contributed by atoms with Crippen molar-refractivity contribution in [2.24, 2.45) is 0 Å². The molecule has 2 aromatic rings. The molecule has 0 heterocycles. The van der Waals surface area contributed by atoms with E-state index < -0.39 is 18.2 Å². The molecule has 30 heavy (non-hydrogen) atoms. The molecule has 0 aliphatic carbocycles. The Morgan fingerprint density at radius 3 is 2.43 bits per heavy atom. The zero-order chi connectivity index (χ0) is 22.5. The van der Waals surface area contributed by atoms with Crippen molar-refractivity contribution in [3.8, 4) is 11.5 Å². The molecule has 0 aliphatic rings.